The fourth-order valence-corrected chi connectivity index (χ4v) is 10.5. The van der Waals surface area contributed by atoms with Crippen LogP contribution in [-0.2, 0) is 28.6 Å². The molecule has 6 nitrogen and oxygen atoms in total. The standard InChI is InChI=1S/C77H136O6/c1-4-7-10-13-16-19-22-25-28-30-32-34-35-36-37-38-39-40-41-42-44-45-47-49-52-55-58-61-64-67-70-76(79)82-73-74(72-81-75(78)69-66-63-60-57-54-51-27-24-21-18-15-12-9-6-3)83-77(80)71-68-65-62-59-56-53-50-48-46-43-33-31-29-26-23-20-17-14-11-8-5-2/h8,11,17,20,24,26-27,29,33,43,48,50,56,59,74H,4-7,9-10,12-16,18-19,21-23,25,28,30-32,34-42,44-47,49,51-55,57-58,60-73H2,1-3H3/b11-8-,20-17-,27-24-,29-26-,43-33-,50-48-,59-56-. The van der Waals surface area contributed by atoms with Gasteiger partial charge in [-0.1, -0.05) is 337 Å². The number of carbonyl (C=O) groups excluding carboxylic acids is 3. The molecule has 0 aliphatic rings. The zero-order valence-electron chi connectivity index (χ0n) is 55.2. The molecule has 83 heavy (non-hydrogen) atoms. The number of carbonyl (C=O) groups is 3. The van der Waals surface area contributed by atoms with Gasteiger partial charge in [0.2, 0.25) is 0 Å². The van der Waals surface area contributed by atoms with Crippen LogP contribution in [0.15, 0.2) is 85.1 Å². The van der Waals surface area contributed by atoms with Crippen LogP contribution >= 0.6 is 0 Å². The molecule has 0 radical (unpaired) electrons. The summed E-state index contributed by atoms with van der Waals surface area (Å²) in [5.74, 6) is -0.929. The fraction of sp³-hybridized carbons (Fsp3) is 0.779. The van der Waals surface area contributed by atoms with Crippen LogP contribution in [0.5, 0.6) is 0 Å². The van der Waals surface area contributed by atoms with Gasteiger partial charge in [0, 0.05) is 19.3 Å². The molecule has 1 unspecified atom stereocenters. The van der Waals surface area contributed by atoms with Crippen molar-refractivity contribution < 1.29 is 28.6 Å². The maximum atomic E-state index is 12.9. The number of esters is 3. The Morgan fingerprint density at radius 1 is 0.253 bits per heavy atom. The first-order valence-electron chi connectivity index (χ1n) is 36.1. The molecular formula is C77H136O6. The second-order valence-electron chi connectivity index (χ2n) is 24.1. The topological polar surface area (TPSA) is 78.9 Å². The van der Waals surface area contributed by atoms with E-state index in [2.05, 4.69) is 106 Å². The van der Waals surface area contributed by atoms with Crippen LogP contribution in [0.4, 0.5) is 0 Å². The van der Waals surface area contributed by atoms with Crippen molar-refractivity contribution >= 4 is 17.9 Å². The number of hydrogen-bond donors (Lipinski definition) is 0. The summed E-state index contributed by atoms with van der Waals surface area (Å²) < 4.78 is 16.9. The van der Waals surface area contributed by atoms with Crippen LogP contribution < -0.4 is 0 Å². The van der Waals surface area contributed by atoms with Gasteiger partial charge in [-0.2, -0.15) is 0 Å². The van der Waals surface area contributed by atoms with E-state index in [1.807, 2.05) is 0 Å². The summed E-state index contributed by atoms with van der Waals surface area (Å²) in [4.78, 5) is 38.4. The number of allylic oxidation sites excluding steroid dienone is 14. The Morgan fingerprint density at radius 2 is 0.470 bits per heavy atom. The minimum Gasteiger partial charge on any atom is -0.462 e. The van der Waals surface area contributed by atoms with Crippen molar-refractivity contribution in [3.05, 3.63) is 85.1 Å². The highest BCUT2D eigenvalue weighted by Crippen LogP contribution is 2.18. The summed E-state index contributed by atoms with van der Waals surface area (Å²) in [5, 5.41) is 0. The third kappa shape index (κ3) is 69.3. The first-order valence-corrected chi connectivity index (χ1v) is 36.1. The Kier molecular flexibility index (Phi) is 68.2. The van der Waals surface area contributed by atoms with Crippen molar-refractivity contribution in [1.82, 2.24) is 0 Å². The first-order chi connectivity index (χ1) is 41.0. The highest BCUT2D eigenvalue weighted by Gasteiger charge is 2.19. The Morgan fingerprint density at radius 3 is 0.771 bits per heavy atom. The Balaban J connectivity index is 4.27. The summed E-state index contributed by atoms with van der Waals surface area (Å²) in [7, 11) is 0. The first kappa shape index (κ1) is 79.6. The quantitative estimate of drug-likeness (QED) is 0.0261. The molecular weight excluding hydrogens is 1020 g/mol. The van der Waals surface area contributed by atoms with Crippen LogP contribution in [-0.4, -0.2) is 37.2 Å². The normalized spacial score (nSPS) is 12.6. The van der Waals surface area contributed by atoms with Gasteiger partial charge in [0.15, 0.2) is 6.10 Å². The largest absolute Gasteiger partial charge is 0.462 e. The lowest BCUT2D eigenvalue weighted by atomic mass is 10.0. The van der Waals surface area contributed by atoms with Crippen LogP contribution in [0.2, 0.25) is 0 Å². The molecule has 0 heterocycles. The summed E-state index contributed by atoms with van der Waals surface area (Å²) in [6.45, 7) is 6.53. The van der Waals surface area contributed by atoms with E-state index in [9.17, 15) is 14.4 Å². The summed E-state index contributed by atoms with van der Waals surface area (Å²) in [6, 6.07) is 0. The molecule has 480 valence electrons. The second-order valence-corrected chi connectivity index (χ2v) is 24.1. The molecule has 0 bridgehead atoms. The maximum absolute atomic E-state index is 12.9. The number of unbranched alkanes of at least 4 members (excludes halogenated alkanes) is 41. The molecule has 0 aliphatic heterocycles. The molecule has 0 aromatic rings. The predicted molar refractivity (Wildman–Crippen MR) is 362 cm³/mol. The van der Waals surface area contributed by atoms with E-state index in [0.29, 0.717) is 19.3 Å². The van der Waals surface area contributed by atoms with Crippen LogP contribution in [0.3, 0.4) is 0 Å². The lowest BCUT2D eigenvalue weighted by Gasteiger charge is -2.18. The van der Waals surface area contributed by atoms with Gasteiger partial charge in [0.25, 0.3) is 0 Å². The molecule has 0 fully saturated rings. The van der Waals surface area contributed by atoms with Gasteiger partial charge in [-0.15, -0.1) is 0 Å². The predicted octanol–water partition coefficient (Wildman–Crippen LogP) is 25.0. The minimum absolute atomic E-state index is 0.0940. The molecule has 0 rings (SSSR count). The van der Waals surface area contributed by atoms with E-state index < -0.39 is 6.10 Å². The van der Waals surface area contributed by atoms with Crippen molar-refractivity contribution in [2.75, 3.05) is 13.2 Å². The average molecular weight is 1160 g/mol. The number of hydrogen-bond acceptors (Lipinski definition) is 6. The zero-order chi connectivity index (χ0) is 59.9. The second kappa shape index (κ2) is 71.1. The van der Waals surface area contributed by atoms with E-state index in [1.54, 1.807) is 0 Å². The monoisotopic (exact) mass is 1160 g/mol. The van der Waals surface area contributed by atoms with E-state index in [-0.39, 0.29) is 37.5 Å². The van der Waals surface area contributed by atoms with Crippen molar-refractivity contribution in [2.24, 2.45) is 0 Å². The number of rotatable bonds is 66. The lowest BCUT2D eigenvalue weighted by Crippen LogP contribution is -2.30. The highest BCUT2D eigenvalue weighted by atomic mass is 16.6. The molecule has 0 aromatic carbocycles. The van der Waals surface area contributed by atoms with Gasteiger partial charge in [0.1, 0.15) is 13.2 Å². The maximum Gasteiger partial charge on any atom is 0.306 e. The van der Waals surface area contributed by atoms with Gasteiger partial charge >= 0.3 is 17.9 Å². The van der Waals surface area contributed by atoms with E-state index in [0.717, 1.165) is 96.3 Å². The molecule has 0 spiro atoms. The molecule has 0 amide bonds. The Hall–Kier alpha value is -3.41. The summed E-state index contributed by atoms with van der Waals surface area (Å²) >= 11 is 0. The van der Waals surface area contributed by atoms with Crippen molar-refractivity contribution in [3.8, 4) is 0 Å². The minimum atomic E-state index is -0.804. The Bertz CT molecular complexity index is 1570. The van der Waals surface area contributed by atoms with Crippen molar-refractivity contribution in [2.45, 2.75) is 374 Å². The van der Waals surface area contributed by atoms with Gasteiger partial charge in [0.05, 0.1) is 0 Å². The fourth-order valence-electron chi connectivity index (χ4n) is 10.5. The highest BCUT2D eigenvalue weighted by molar-refractivity contribution is 5.71. The lowest BCUT2D eigenvalue weighted by molar-refractivity contribution is -0.167. The van der Waals surface area contributed by atoms with Gasteiger partial charge < -0.3 is 14.2 Å². The van der Waals surface area contributed by atoms with Crippen LogP contribution in [0, 0.1) is 0 Å². The molecule has 1 atom stereocenters. The summed E-state index contributed by atoms with van der Waals surface area (Å²) in [6.07, 6.45) is 94.9. The van der Waals surface area contributed by atoms with E-state index in [1.165, 1.54) is 225 Å². The Labute approximate surface area is 515 Å². The molecule has 0 N–H and O–H groups in total. The van der Waals surface area contributed by atoms with Crippen molar-refractivity contribution in [3.63, 3.8) is 0 Å². The third-order valence-corrected chi connectivity index (χ3v) is 15.9. The smallest absolute Gasteiger partial charge is 0.306 e. The summed E-state index contributed by atoms with van der Waals surface area (Å²) in [5.41, 5.74) is 0. The molecule has 0 saturated heterocycles. The molecule has 0 aliphatic carbocycles. The third-order valence-electron chi connectivity index (χ3n) is 15.9. The van der Waals surface area contributed by atoms with Gasteiger partial charge in [-0.25, -0.2) is 0 Å². The molecule has 6 heteroatoms. The molecule has 0 aromatic heterocycles. The van der Waals surface area contributed by atoms with Gasteiger partial charge in [-0.05, 0) is 96.3 Å². The van der Waals surface area contributed by atoms with E-state index >= 15 is 0 Å². The average Bonchev–Trinajstić information content (AvgIpc) is 3.49. The number of ether oxygens (including phenoxy) is 3. The molecule has 0 saturated carbocycles. The van der Waals surface area contributed by atoms with Crippen LogP contribution in [0.1, 0.15) is 367 Å². The SMILES string of the molecule is CC/C=C\C/C=C\C/C=C\C/C=C\C/C=C\C/C=C\CCCCC(=O)OC(COC(=O)CCCCCCC/C=C\CCCCCCC)COC(=O)CCCCCCCCCCCCCCCCCCCCCCCCCCCCCCCC. The van der Waals surface area contributed by atoms with E-state index in [4.69, 9.17) is 14.2 Å². The van der Waals surface area contributed by atoms with Crippen molar-refractivity contribution in [1.29, 1.82) is 0 Å². The van der Waals surface area contributed by atoms with Gasteiger partial charge in [-0.3, -0.25) is 14.4 Å². The van der Waals surface area contributed by atoms with Crippen LogP contribution in [0.25, 0.3) is 0 Å². The zero-order valence-corrected chi connectivity index (χ0v) is 55.2.